The van der Waals surface area contributed by atoms with Gasteiger partial charge in [-0.1, -0.05) is 19.1 Å². The van der Waals surface area contributed by atoms with Gasteiger partial charge in [-0.25, -0.2) is 18.4 Å². The van der Waals surface area contributed by atoms with Gasteiger partial charge in [-0.15, -0.1) is 0 Å². The molecule has 6 heteroatoms. The molecule has 0 amide bonds. The predicted molar refractivity (Wildman–Crippen MR) is 97.8 cm³/mol. The summed E-state index contributed by atoms with van der Waals surface area (Å²) >= 11 is 0. The van der Waals surface area contributed by atoms with Crippen LogP contribution in [-0.4, -0.2) is 23.6 Å². The predicted octanol–water partition coefficient (Wildman–Crippen LogP) is 3.17. The van der Waals surface area contributed by atoms with Crippen molar-refractivity contribution in [3.63, 3.8) is 0 Å². The van der Waals surface area contributed by atoms with E-state index in [9.17, 15) is 8.42 Å². The van der Waals surface area contributed by atoms with E-state index in [1.807, 2.05) is 26.0 Å². The van der Waals surface area contributed by atoms with Crippen molar-refractivity contribution in [1.82, 2.24) is 9.97 Å². The lowest BCUT2D eigenvalue weighted by Gasteiger charge is -2.15. The summed E-state index contributed by atoms with van der Waals surface area (Å²) < 4.78 is 25.7. The van der Waals surface area contributed by atoms with Gasteiger partial charge in [-0.3, -0.25) is 0 Å². The van der Waals surface area contributed by atoms with Crippen LogP contribution in [-0.2, 0) is 16.3 Å². The second-order valence-electron chi connectivity index (χ2n) is 7.26. The van der Waals surface area contributed by atoms with Gasteiger partial charge in [0.15, 0.2) is 9.84 Å². The van der Waals surface area contributed by atoms with Crippen LogP contribution in [0.15, 0.2) is 29.2 Å². The van der Waals surface area contributed by atoms with Crippen molar-refractivity contribution < 1.29 is 8.42 Å². The smallest absolute Gasteiger partial charge is 0.220 e. The van der Waals surface area contributed by atoms with Gasteiger partial charge in [0, 0.05) is 5.56 Å². The molecule has 5 nitrogen and oxygen atoms in total. The third-order valence-corrected chi connectivity index (χ3v) is 7.82. The zero-order valence-electron chi connectivity index (χ0n) is 14.6. The molecular weight excluding hydrogens is 334 g/mol. The number of nitrogens with zero attached hydrogens (tertiary/aromatic N) is 2. The highest BCUT2D eigenvalue weighted by atomic mass is 32.2. The minimum atomic E-state index is -3.22. The summed E-state index contributed by atoms with van der Waals surface area (Å²) in [6, 6.07) is 7.18. The fourth-order valence-corrected chi connectivity index (χ4v) is 6.10. The molecule has 132 valence electrons. The molecule has 2 aliphatic rings. The minimum Gasteiger partial charge on any atom is -0.368 e. The molecule has 1 aromatic heterocycles. The summed E-state index contributed by atoms with van der Waals surface area (Å²) in [6.07, 6.45) is 3.63. The van der Waals surface area contributed by atoms with Crippen LogP contribution in [0.5, 0.6) is 0 Å². The Kier molecular flexibility index (Phi) is 3.83. The molecule has 0 saturated heterocycles. The van der Waals surface area contributed by atoms with Gasteiger partial charge in [0.2, 0.25) is 5.95 Å². The maximum atomic E-state index is 12.8. The Labute approximate surface area is 148 Å². The van der Waals surface area contributed by atoms with Crippen LogP contribution in [0, 0.1) is 18.8 Å². The molecular formula is C19H23N3O2S. The lowest BCUT2D eigenvalue weighted by atomic mass is 10.0. The Balaban J connectivity index is 1.67. The van der Waals surface area contributed by atoms with Crippen molar-refractivity contribution in [1.29, 1.82) is 0 Å². The Morgan fingerprint density at radius 3 is 2.32 bits per heavy atom. The monoisotopic (exact) mass is 357 g/mol. The van der Waals surface area contributed by atoms with E-state index < -0.39 is 9.84 Å². The van der Waals surface area contributed by atoms with Crippen LogP contribution in [0.25, 0.3) is 11.1 Å². The summed E-state index contributed by atoms with van der Waals surface area (Å²) in [4.78, 5) is 9.00. The highest BCUT2D eigenvalue weighted by molar-refractivity contribution is 7.92. The van der Waals surface area contributed by atoms with Crippen LogP contribution in [0.2, 0.25) is 0 Å². The molecule has 2 saturated carbocycles. The van der Waals surface area contributed by atoms with Crippen molar-refractivity contribution in [3.05, 3.63) is 35.7 Å². The number of rotatable bonds is 4. The second-order valence-corrected chi connectivity index (χ2v) is 9.49. The topological polar surface area (TPSA) is 85.9 Å². The van der Waals surface area contributed by atoms with Crippen LogP contribution >= 0.6 is 0 Å². The summed E-state index contributed by atoms with van der Waals surface area (Å²) in [5, 5.41) is -0.199. The normalized spacial score (nSPS) is 25.0. The molecule has 0 aliphatic heterocycles. The number of hydrogen-bond acceptors (Lipinski definition) is 5. The highest BCUT2D eigenvalue weighted by Gasteiger charge is 2.50. The number of nitrogen functional groups attached to an aromatic ring is 1. The number of fused-ring (bicyclic) bond motifs is 1. The van der Waals surface area contributed by atoms with Gasteiger partial charge in [0.05, 0.1) is 21.5 Å². The SMILES string of the molecule is CCc1nc(N)nc(C)c1-c1ccc(S(=O)(=O)C2CC3CC3C2)cc1. The third kappa shape index (κ3) is 2.82. The average Bonchev–Trinajstić information content (AvgIpc) is 3.19. The largest absolute Gasteiger partial charge is 0.368 e. The fourth-order valence-electron chi connectivity index (χ4n) is 4.20. The standard InChI is InChI=1S/C19H23N3O2S/c1-3-17-18(11(2)21-19(20)22-17)12-4-6-15(7-5-12)25(23,24)16-9-13-8-14(13)10-16/h4-7,13-14,16H,3,8-10H2,1-2H3,(H2,20,21,22). The zero-order valence-corrected chi connectivity index (χ0v) is 15.4. The maximum Gasteiger partial charge on any atom is 0.220 e. The number of benzene rings is 1. The van der Waals surface area contributed by atoms with E-state index in [4.69, 9.17) is 5.73 Å². The Bertz CT molecular complexity index is 912. The number of aromatic nitrogens is 2. The first kappa shape index (κ1) is 16.5. The fraction of sp³-hybridized carbons (Fsp3) is 0.474. The zero-order chi connectivity index (χ0) is 17.8. The van der Waals surface area contributed by atoms with E-state index in [0.717, 1.165) is 41.8 Å². The van der Waals surface area contributed by atoms with E-state index >= 15 is 0 Å². The van der Waals surface area contributed by atoms with Gasteiger partial charge >= 0.3 is 0 Å². The third-order valence-electron chi connectivity index (χ3n) is 5.63. The number of aryl methyl sites for hydroxylation is 2. The summed E-state index contributed by atoms with van der Waals surface area (Å²) in [5.41, 5.74) is 9.33. The number of anilines is 1. The minimum absolute atomic E-state index is 0.199. The molecule has 2 N–H and O–H groups in total. The molecule has 2 aromatic rings. The van der Waals surface area contributed by atoms with Crippen molar-refractivity contribution in [3.8, 4) is 11.1 Å². The summed E-state index contributed by atoms with van der Waals surface area (Å²) in [7, 11) is -3.22. The molecule has 25 heavy (non-hydrogen) atoms. The average molecular weight is 357 g/mol. The summed E-state index contributed by atoms with van der Waals surface area (Å²) in [6.45, 7) is 3.93. The Hall–Kier alpha value is -1.95. The Morgan fingerprint density at radius 1 is 1.08 bits per heavy atom. The van der Waals surface area contributed by atoms with Gasteiger partial charge in [0.1, 0.15) is 0 Å². The molecule has 0 radical (unpaired) electrons. The van der Waals surface area contributed by atoms with Gasteiger partial charge in [0.25, 0.3) is 0 Å². The van der Waals surface area contributed by atoms with Crippen LogP contribution in [0.4, 0.5) is 5.95 Å². The van der Waals surface area contributed by atoms with Crippen LogP contribution < -0.4 is 5.73 Å². The van der Waals surface area contributed by atoms with Crippen molar-refractivity contribution in [2.75, 3.05) is 5.73 Å². The first-order valence-electron chi connectivity index (χ1n) is 8.87. The first-order valence-corrected chi connectivity index (χ1v) is 10.4. The van der Waals surface area contributed by atoms with E-state index in [-0.39, 0.29) is 11.2 Å². The number of sulfone groups is 1. The van der Waals surface area contributed by atoms with Crippen molar-refractivity contribution in [2.24, 2.45) is 11.8 Å². The van der Waals surface area contributed by atoms with E-state index in [1.54, 1.807) is 12.1 Å². The molecule has 2 unspecified atom stereocenters. The number of hydrogen-bond donors (Lipinski definition) is 1. The number of nitrogens with two attached hydrogens (primary N) is 1. The van der Waals surface area contributed by atoms with Crippen molar-refractivity contribution in [2.45, 2.75) is 49.7 Å². The lowest BCUT2D eigenvalue weighted by Crippen LogP contribution is -2.19. The second kappa shape index (κ2) is 5.80. The highest BCUT2D eigenvalue weighted by Crippen LogP contribution is 2.54. The first-order chi connectivity index (χ1) is 11.9. The van der Waals surface area contributed by atoms with E-state index in [2.05, 4.69) is 9.97 Å². The van der Waals surface area contributed by atoms with Gasteiger partial charge in [-0.05, 0) is 62.1 Å². The van der Waals surface area contributed by atoms with Crippen molar-refractivity contribution >= 4 is 15.8 Å². The molecule has 1 heterocycles. The van der Waals surface area contributed by atoms with Gasteiger partial charge < -0.3 is 5.73 Å². The molecule has 0 bridgehead atoms. The quantitative estimate of drug-likeness (QED) is 0.908. The Morgan fingerprint density at radius 2 is 1.72 bits per heavy atom. The van der Waals surface area contributed by atoms with Crippen LogP contribution in [0.3, 0.4) is 0 Å². The van der Waals surface area contributed by atoms with Crippen LogP contribution in [0.1, 0.15) is 37.6 Å². The molecule has 2 aliphatic carbocycles. The lowest BCUT2D eigenvalue weighted by molar-refractivity contribution is 0.569. The molecule has 2 fully saturated rings. The maximum absolute atomic E-state index is 12.8. The molecule has 4 rings (SSSR count). The molecule has 2 atom stereocenters. The van der Waals surface area contributed by atoms with E-state index in [1.165, 1.54) is 6.42 Å². The molecule has 1 aromatic carbocycles. The summed E-state index contributed by atoms with van der Waals surface area (Å²) in [5.74, 6) is 1.58. The van der Waals surface area contributed by atoms with Gasteiger partial charge in [-0.2, -0.15) is 0 Å². The van der Waals surface area contributed by atoms with E-state index in [0.29, 0.717) is 16.7 Å². The molecule has 0 spiro atoms.